The number of hydrogen-bond acceptors (Lipinski definition) is 4. The van der Waals surface area contributed by atoms with Crippen molar-refractivity contribution in [2.24, 2.45) is 0 Å². The van der Waals surface area contributed by atoms with Crippen LogP contribution in [0, 0.1) is 0 Å². The van der Waals surface area contributed by atoms with Crippen LogP contribution in [-0.2, 0) is 9.59 Å². The molecule has 0 saturated carbocycles. The van der Waals surface area contributed by atoms with E-state index in [1.54, 1.807) is 0 Å². The summed E-state index contributed by atoms with van der Waals surface area (Å²) in [5.74, 6) is -1.82. The van der Waals surface area contributed by atoms with Gasteiger partial charge in [0.15, 0.2) is 0 Å². The number of carboxylic acids is 2. The second-order valence-electron chi connectivity index (χ2n) is 7.90. The topological polar surface area (TPSA) is 80.3 Å². The molecule has 0 unspecified atom stereocenters. The van der Waals surface area contributed by atoms with Crippen LogP contribution in [0.5, 0.6) is 0 Å². The number of rotatable bonds is 20. The second kappa shape index (κ2) is 37.6. The van der Waals surface area contributed by atoms with E-state index in [1.807, 2.05) is 0 Å². The van der Waals surface area contributed by atoms with Gasteiger partial charge in [0, 0.05) is 11.9 Å². The molecule has 0 aliphatic carbocycles. The monoisotopic (exact) mass is 588 g/mol. The Morgan fingerprint density at radius 1 is 0.452 bits per heavy atom. The van der Waals surface area contributed by atoms with Gasteiger partial charge in [0.05, 0.1) is 0 Å². The summed E-state index contributed by atoms with van der Waals surface area (Å²) < 4.78 is 0. The van der Waals surface area contributed by atoms with Crippen molar-refractivity contribution in [2.75, 3.05) is 0 Å². The van der Waals surface area contributed by atoms with E-state index in [-0.39, 0.29) is 61.6 Å². The Morgan fingerprint density at radius 3 is 0.839 bits per heavy atom. The average molecular weight is 588 g/mol. The molecule has 0 heterocycles. The first-order chi connectivity index (χ1) is 13.5. The molecule has 0 fully saturated rings. The number of aliphatic carboxylic acids is 2. The molecule has 0 aromatic rings. The number of unbranched alkanes of at least 4 members (excludes halogenated alkanes) is 16. The van der Waals surface area contributed by atoms with Gasteiger partial charge in [0.1, 0.15) is 0 Å². The molecule has 0 aliphatic rings. The molecule has 0 N–H and O–H groups in total. The van der Waals surface area contributed by atoms with Gasteiger partial charge < -0.3 is 44.6 Å². The molecule has 7 heteroatoms. The van der Waals surface area contributed by atoms with Crippen molar-refractivity contribution in [3.05, 3.63) is 0 Å². The first-order valence-electron chi connectivity index (χ1n) is 11.9. The summed E-state index contributed by atoms with van der Waals surface area (Å²) in [4.78, 5) is 20.2. The third-order valence-electron chi connectivity index (χ3n) is 4.97. The summed E-state index contributed by atoms with van der Waals surface area (Å²) in [6.07, 6.45) is 22.3. The van der Waals surface area contributed by atoms with Crippen molar-refractivity contribution in [1.29, 1.82) is 0 Å². The first-order valence-corrected chi connectivity index (χ1v) is 11.9. The molecule has 0 bridgehead atoms. The molecule has 0 aromatic heterocycles. The molecular weight excluding hydrogens is 542 g/mol. The van der Waals surface area contributed by atoms with E-state index in [0.29, 0.717) is 0 Å². The Morgan fingerprint density at radius 2 is 0.645 bits per heavy atom. The zero-order valence-electron chi connectivity index (χ0n) is 20.0. The number of carbonyl (C=O) groups is 2. The van der Waals surface area contributed by atoms with Crippen molar-refractivity contribution in [1.82, 2.24) is 0 Å². The smallest absolute Gasteiger partial charge is 1.00 e. The summed E-state index contributed by atoms with van der Waals surface area (Å²) in [5, 5.41) is 20.2. The number of hydrogen-bond donors (Lipinski definition) is 0. The van der Waals surface area contributed by atoms with Crippen LogP contribution in [0.25, 0.3) is 0 Å². The molecule has 0 rings (SSSR count). The quantitative estimate of drug-likeness (QED) is 0.134. The van der Waals surface area contributed by atoms with Crippen LogP contribution in [0.3, 0.4) is 0 Å². The zero-order chi connectivity index (χ0) is 21.3. The summed E-state index contributed by atoms with van der Waals surface area (Å²) in [7, 11) is 0. The molecule has 0 spiro atoms. The molecule has 0 amide bonds. The third-order valence-corrected chi connectivity index (χ3v) is 4.97. The number of halogens is 2. The molecule has 184 valence electrons. The fraction of sp³-hybridized carbons (Fsp3) is 0.917. The Hall–Kier alpha value is 0.319. The van der Waals surface area contributed by atoms with Crippen LogP contribution >= 0.6 is 0 Å². The SMILES string of the molecule is CCCCCCCCCCCC(=O)[O-].CCCCCCCCCCCC(=O)[O-].[Cl-].[Cl-].[Sn+4]. The summed E-state index contributed by atoms with van der Waals surface area (Å²) in [5.41, 5.74) is 0. The van der Waals surface area contributed by atoms with Crippen LogP contribution in [-0.4, -0.2) is 35.8 Å². The van der Waals surface area contributed by atoms with Crippen molar-refractivity contribution in [2.45, 2.75) is 142 Å². The van der Waals surface area contributed by atoms with Crippen molar-refractivity contribution >= 4 is 35.8 Å². The maximum Gasteiger partial charge on any atom is 4.00 e. The van der Waals surface area contributed by atoms with E-state index in [2.05, 4.69) is 13.8 Å². The largest absolute Gasteiger partial charge is 4.00 e. The summed E-state index contributed by atoms with van der Waals surface area (Å²) in [6.45, 7) is 4.44. The van der Waals surface area contributed by atoms with Crippen molar-refractivity contribution in [3.63, 3.8) is 0 Å². The van der Waals surface area contributed by atoms with Gasteiger partial charge in [-0.25, -0.2) is 0 Å². The Labute approximate surface area is 221 Å². The summed E-state index contributed by atoms with van der Waals surface area (Å²) in [6, 6.07) is 0. The predicted octanol–water partition coefficient (Wildman–Crippen LogP) is -1.06. The molecule has 4 nitrogen and oxygen atoms in total. The Kier molecular flexibility index (Phi) is 50.4. The van der Waals surface area contributed by atoms with Gasteiger partial charge in [-0.15, -0.1) is 0 Å². The van der Waals surface area contributed by atoms with E-state index < -0.39 is 11.9 Å². The van der Waals surface area contributed by atoms with E-state index in [0.717, 1.165) is 25.7 Å². The summed E-state index contributed by atoms with van der Waals surface area (Å²) >= 11 is 0. The molecule has 0 aromatic carbocycles. The predicted molar refractivity (Wildman–Crippen MR) is 119 cm³/mol. The van der Waals surface area contributed by atoms with Gasteiger partial charge >= 0.3 is 23.9 Å². The zero-order valence-corrected chi connectivity index (χ0v) is 24.4. The van der Waals surface area contributed by atoms with Crippen LogP contribution in [0.4, 0.5) is 0 Å². The minimum absolute atomic E-state index is 0. The van der Waals surface area contributed by atoms with E-state index in [9.17, 15) is 19.8 Å². The van der Waals surface area contributed by atoms with Gasteiger partial charge in [0.2, 0.25) is 0 Å². The van der Waals surface area contributed by atoms with Gasteiger partial charge in [-0.2, -0.15) is 0 Å². The normalized spacial score (nSPS) is 9.35. The molecular formula is C24H46Cl2O4Sn. The fourth-order valence-electron chi connectivity index (χ4n) is 3.16. The minimum Gasteiger partial charge on any atom is -1.00 e. The van der Waals surface area contributed by atoms with Crippen molar-refractivity contribution in [3.8, 4) is 0 Å². The fourth-order valence-corrected chi connectivity index (χ4v) is 3.16. The van der Waals surface area contributed by atoms with Crippen LogP contribution in [0.15, 0.2) is 0 Å². The Bertz CT molecular complexity index is 314. The van der Waals surface area contributed by atoms with Crippen molar-refractivity contribution < 1.29 is 44.6 Å². The average Bonchev–Trinajstić information content (AvgIpc) is 2.65. The second-order valence-corrected chi connectivity index (χ2v) is 7.90. The van der Waals surface area contributed by atoms with E-state index >= 15 is 0 Å². The van der Waals surface area contributed by atoms with Gasteiger partial charge in [-0.05, 0) is 25.7 Å². The molecule has 0 atom stereocenters. The maximum absolute atomic E-state index is 10.1. The molecule has 0 radical (unpaired) electrons. The van der Waals surface area contributed by atoms with Crippen LogP contribution < -0.4 is 35.0 Å². The van der Waals surface area contributed by atoms with Crippen LogP contribution in [0.2, 0.25) is 0 Å². The van der Waals surface area contributed by atoms with Crippen LogP contribution in [0.1, 0.15) is 142 Å². The van der Waals surface area contributed by atoms with Gasteiger partial charge in [-0.1, -0.05) is 117 Å². The van der Waals surface area contributed by atoms with Gasteiger partial charge in [-0.3, -0.25) is 0 Å². The standard InChI is InChI=1S/2C12H24O2.2ClH.Sn/c2*1-2-3-4-5-6-7-8-9-10-11-12(13)14;;;/h2*2-11H2,1H3,(H,13,14);2*1H;/q;;;;+4/p-4. The molecule has 31 heavy (non-hydrogen) atoms. The number of carbonyl (C=O) groups excluding carboxylic acids is 2. The first kappa shape index (κ1) is 41.6. The van der Waals surface area contributed by atoms with E-state index in [4.69, 9.17) is 0 Å². The molecule has 0 aliphatic heterocycles. The third kappa shape index (κ3) is 48.8. The van der Waals surface area contributed by atoms with Gasteiger partial charge in [0.25, 0.3) is 0 Å². The minimum atomic E-state index is -0.909. The molecule has 0 saturated heterocycles. The Balaban J connectivity index is -0.000000133. The van der Waals surface area contributed by atoms with E-state index in [1.165, 1.54) is 89.9 Å². The maximum atomic E-state index is 10.1. The number of carboxylic acid groups (broad SMARTS) is 2.